The van der Waals surface area contributed by atoms with Gasteiger partial charge in [-0.15, -0.1) is 0 Å². The van der Waals surface area contributed by atoms with E-state index in [1.807, 2.05) is 26.8 Å². The lowest BCUT2D eigenvalue weighted by Crippen LogP contribution is -2.33. The average molecular weight is 294 g/mol. The summed E-state index contributed by atoms with van der Waals surface area (Å²) in [7, 11) is 0. The Morgan fingerprint density at radius 1 is 1.10 bits per heavy atom. The molecule has 0 radical (unpaired) electrons. The lowest BCUT2D eigenvalue weighted by molar-refractivity contribution is -0.136. The van der Waals surface area contributed by atoms with Crippen LogP contribution in [0.2, 0.25) is 0 Å². The third-order valence-corrected chi connectivity index (χ3v) is 2.37. The fourth-order valence-electron chi connectivity index (χ4n) is 1.31. The van der Waals surface area contributed by atoms with Gasteiger partial charge in [0.1, 0.15) is 6.61 Å². The summed E-state index contributed by atoms with van der Waals surface area (Å²) in [5.74, 6) is -1.43. The fraction of sp³-hybridized carbons (Fsp3) is 0.400. The van der Waals surface area contributed by atoms with E-state index in [9.17, 15) is 14.4 Å². The van der Waals surface area contributed by atoms with Gasteiger partial charge in [-0.1, -0.05) is 17.2 Å². The summed E-state index contributed by atoms with van der Waals surface area (Å²) in [6.07, 6.45) is 7.63. The van der Waals surface area contributed by atoms with Crippen LogP contribution in [0.4, 0.5) is 4.79 Å². The maximum atomic E-state index is 11.3. The van der Waals surface area contributed by atoms with Crippen LogP contribution in [0.5, 0.6) is 0 Å². The summed E-state index contributed by atoms with van der Waals surface area (Å²) in [5, 5.41) is 1.79. The lowest BCUT2D eigenvalue weighted by atomic mass is 10.1. The Morgan fingerprint density at radius 2 is 1.76 bits per heavy atom. The van der Waals surface area contributed by atoms with Gasteiger partial charge in [0, 0.05) is 12.2 Å². The summed E-state index contributed by atoms with van der Waals surface area (Å²) in [6, 6.07) is -0.979. The van der Waals surface area contributed by atoms with E-state index < -0.39 is 17.9 Å². The highest BCUT2D eigenvalue weighted by Gasteiger charge is 2.01. The minimum absolute atomic E-state index is 0.140. The SMILES string of the molecule is CC(C)=CCC/C(C)=C/COC(=O)/C=C/C(=O)NC(N)=O. The highest BCUT2D eigenvalue weighted by Crippen LogP contribution is 2.06. The molecule has 0 saturated heterocycles. The van der Waals surface area contributed by atoms with Crippen LogP contribution in [0.1, 0.15) is 33.6 Å². The third kappa shape index (κ3) is 12.4. The first kappa shape index (κ1) is 18.6. The molecule has 3 amide bonds. The van der Waals surface area contributed by atoms with Crippen molar-refractivity contribution in [1.82, 2.24) is 5.32 Å². The number of amides is 3. The van der Waals surface area contributed by atoms with Crippen LogP contribution in [0, 0.1) is 0 Å². The third-order valence-electron chi connectivity index (χ3n) is 2.37. The zero-order valence-electron chi connectivity index (χ0n) is 12.6. The normalized spacial score (nSPS) is 11.1. The first-order valence-electron chi connectivity index (χ1n) is 6.55. The minimum atomic E-state index is -0.979. The molecule has 0 spiro atoms. The molecule has 3 N–H and O–H groups in total. The van der Waals surface area contributed by atoms with E-state index >= 15 is 0 Å². The number of carbonyl (C=O) groups excluding carboxylic acids is 3. The summed E-state index contributed by atoms with van der Waals surface area (Å²) in [4.78, 5) is 32.6. The Hall–Kier alpha value is -2.37. The van der Waals surface area contributed by atoms with Gasteiger partial charge in [-0.25, -0.2) is 9.59 Å². The molecule has 21 heavy (non-hydrogen) atoms. The van der Waals surface area contributed by atoms with Crippen molar-refractivity contribution >= 4 is 17.9 Å². The van der Waals surface area contributed by atoms with Crippen molar-refractivity contribution < 1.29 is 19.1 Å². The van der Waals surface area contributed by atoms with Gasteiger partial charge >= 0.3 is 12.0 Å². The van der Waals surface area contributed by atoms with E-state index in [1.165, 1.54) is 5.57 Å². The molecule has 0 unspecified atom stereocenters. The molecule has 0 atom stereocenters. The van der Waals surface area contributed by atoms with Crippen LogP contribution in [0.3, 0.4) is 0 Å². The molecule has 0 aliphatic carbocycles. The van der Waals surface area contributed by atoms with Crippen molar-refractivity contribution in [2.24, 2.45) is 5.73 Å². The second kappa shape index (κ2) is 10.4. The number of carbonyl (C=O) groups is 3. The molecule has 0 heterocycles. The molecule has 0 aliphatic rings. The smallest absolute Gasteiger partial charge is 0.331 e. The van der Waals surface area contributed by atoms with Crippen LogP contribution >= 0.6 is 0 Å². The number of primary amides is 1. The summed E-state index contributed by atoms with van der Waals surface area (Å²) < 4.78 is 4.88. The molecule has 0 bridgehead atoms. The van der Waals surface area contributed by atoms with Crippen molar-refractivity contribution in [2.45, 2.75) is 33.6 Å². The lowest BCUT2D eigenvalue weighted by Gasteiger charge is -2.01. The molecule has 0 saturated carbocycles. The number of urea groups is 1. The molecule has 0 fully saturated rings. The molecular formula is C15H22N2O4. The van der Waals surface area contributed by atoms with Crippen molar-refractivity contribution in [3.8, 4) is 0 Å². The largest absolute Gasteiger partial charge is 0.458 e. The summed E-state index contributed by atoms with van der Waals surface area (Å²) in [5.41, 5.74) is 7.13. The molecule has 0 aliphatic heterocycles. The van der Waals surface area contributed by atoms with Gasteiger partial charge in [0.05, 0.1) is 0 Å². The van der Waals surface area contributed by atoms with E-state index in [2.05, 4.69) is 6.08 Å². The zero-order valence-corrected chi connectivity index (χ0v) is 12.6. The van der Waals surface area contributed by atoms with E-state index in [0.29, 0.717) is 0 Å². The highest BCUT2D eigenvalue weighted by molar-refractivity contribution is 6.02. The maximum Gasteiger partial charge on any atom is 0.331 e. The van der Waals surface area contributed by atoms with E-state index in [4.69, 9.17) is 10.5 Å². The van der Waals surface area contributed by atoms with Gasteiger partial charge in [-0.3, -0.25) is 10.1 Å². The summed E-state index contributed by atoms with van der Waals surface area (Å²) >= 11 is 0. The standard InChI is InChI=1S/C15H22N2O4/c1-11(2)5-4-6-12(3)9-10-21-14(19)8-7-13(18)17-15(16)20/h5,7-9H,4,6,10H2,1-3H3,(H3,16,17,18,20)/b8-7+,12-9+. The molecule has 6 nitrogen and oxygen atoms in total. The average Bonchev–Trinajstić information content (AvgIpc) is 2.35. The highest BCUT2D eigenvalue weighted by atomic mass is 16.5. The monoisotopic (exact) mass is 294 g/mol. The first-order valence-corrected chi connectivity index (χ1v) is 6.55. The molecular weight excluding hydrogens is 272 g/mol. The fourth-order valence-corrected chi connectivity index (χ4v) is 1.31. The molecule has 0 aromatic rings. The number of allylic oxidation sites excluding steroid dienone is 3. The predicted octanol–water partition coefficient (Wildman–Crippen LogP) is 1.97. The number of nitrogens with two attached hydrogens (primary N) is 1. The van der Waals surface area contributed by atoms with Crippen LogP contribution in [-0.4, -0.2) is 24.5 Å². The number of nitrogens with one attached hydrogen (secondary N) is 1. The van der Waals surface area contributed by atoms with Gasteiger partial charge in [0.25, 0.3) is 5.91 Å². The van der Waals surface area contributed by atoms with Gasteiger partial charge in [0.2, 0.25) is 0 Å². The predicted molar refractivity (Wildman–Crippen MR) is 80.2 cm³/mol. The Labute approximate surface area is 124 Å². The Morgan fingerprint density at radius 3 is 2.33 bits per heavy atom. The van der Waals surface area contributed by atoms with Gasteiger partial charge < -0.3 is 10.5 Å². The van der Waals surface area contributed by atoms with Gasteiger partial charge in [-0.05, 0) is 39.7 Å². The maximum absolute atomic E-state index is 11.3. The second-order valence-electron chi connectivity index (χ2n) is 4.69. The van der Waals surface area contributed by atoms with Gasteiger partial charge in [-0.2, -0.15) is 0 Å². The van der Waals surface area contributed by atoms with Crippen LogP contribution in [-0.2, 0) is 14.3 Å². The van der Waals surface area contributed by atoms with E-state index in [-0.39, 0.29) is 6.61 Å². The zero-order chi connectivity index (χ0) is 16.3. The second-order valence-corrected chi connectivity index (χ2v) is 4.69. The molecule has 0 rings (SSSR count). The Kier molecular flexibility index (Phi) is 9.25. The van der Waals surface area contributed by atoms with Crippen molar-refractivity contribution in [1.29, 1.82) is 0 Å². The quantitative estimate of drug-likeness (QED) is 0.426. The van der Waals surface area contributed by atoms with E-state index in [1.54, 1.807) is 5.32 Å². The molecule has 0 aromatic heterocycles. The first-order chi connectivity index (χ1) is 9.81. The Balaban J connectivity index is 4.02. The number of esters is 1. The molecule has 6 heteroatoms. The van der Waals surface area contributed by atoms with Crippen molar-refractivity contribution in [2.75, 3.05) is 6.61 Å². The molecule has 116 valence electrons. The van der Waals surface area contributed by atoms with Crippen molar-refractivity contribution in [3.05, 3.63) is 35.5 Å². The minimum Gasteiger partial charge on any atom is -0.458 e. The Bertz CT molecular complexity index is 472. The number of rotatable bonds is 7. The number of hydrogen-bond donors (Lipinski definition) is 2. The van der Waals surface area contributed by atoms with Crippen molar-refractivity contribution in [3.63, 3.8) is 0 Å². The van der Waals surface area contributed by atoms with E-state index in [0.717, 1.165) is 30.6 Å². The van der Waals surface area contributed by atoms with Crippen LogP contribution < -0.4 is 11.1 Å². The van der Waals surface area contributed by atoms with Crippen LogP contribution in [0.15, 0.2) is 35.5 Å². The van der Waals surface area contributed by atoms with Crippen LogP contribution in [0.25, 0.3) is 0 Å². The number of imide groups is 1. The topological polar surface area (TPSA) is 98.5 Å². The molecule has 0 aromatic carbocycles. The number of ether oxygens (including phenoxy) is 1. The number of hydrogen-bond acceptors (Lipinski definition) is 4. The summed E-state index contributed by atoms with van der Waals surface area (Å²) in [6.45, 7) is 6.19. The van der Waals surface area contributed by atoms with Gasteiger partial charge in [0.15, 0.2) is 0 Å².